The summed E-state index contributed by atoms with van der Waals surface area (Å²) in [5.41, 5.74) is 6.52. The Kier molecular flexibility index (Phi) is 3.01. The Labute approximate surface area is 103 Å². The number of rotatable bonds is 3. The van der Waals surface area contributed by atoms with Gasteiger partial charge in [0.1, 0.15) is 0 Å². The van der Waals surface area contributed by atoms with Crippen molar-refractivity contribution in [2.45, 2.75) is 13.0 Å². The predicted octanol–water partition coefficient (Wildman–Crippen LogP) is 0.134. The number of hydrogen-bond donors (Lipinski definition) is 2. The van der Waals surface area contributed by atoms with E-state index in [0.717, 1.165) is 0 Å². The van der Waals surface area contributed by atoms with E-state index >= 15 is 0 Å². The number of nitrogens with two attached hydrogens (primary N) is 1. The smallest absolute Gasteiger partial charge is 0.255 e. The van der Waals surface area contributed by atoms with E-state index in [1.165, 1.54) is 6.20 Å². The van der Waals surface area contributed by atoms with E-state index in [1.54, 1.807) is 30.0 Å². The van der Waals surface area contributed by atoms with Gasteiger partial charge < -0.3 is 11.1 Å². The summed E-state index contributed by atoms with van der Waals surface area (Å²) in [6, 6.07) is -0.357. The zero-order chi connectivity index (χ0) is 12.4. The lowest BCUT2D eigenvalue weighted by Crippen LogP contribution is -2.41. The molecule has 1 amide bonds. The van der Waals surface area contributed by atoms with Crippen LogP contribution in [0.2, 0.25) is 0 Å². The van der Waals surface area contributed by atoms with Crippen LogP contribution in [0.25, 0.3) is 5.52 Å². The van der Waals surface area contributed by atoms with Crippen molar-refractivity contribution in [1.82, 2.24) is 19.9 Å². The van der Waals surface area contributed by atoms with Crippen molar-refractivity contribution < 1.29 is 4.79 Å². The van der Waals surface area contributed by atoms with Crippen LogP contribution in [-0.2, 0) is 0 Å². The number of nitrogens with one attached hydrogen (secondary N) is 1. The van der Waals surface area contributed by atoms with Crippen molar-refractivity contribution in [2.75, 3.05) is 0 Å². The quantitative estimate of drug-likeness (QED) is 0.755. The minimum atomic E-state index is -0.357. The molecule has 0 saturated carbocycles. The van der Waals surface area contributed by atoms with Crippen LogP contribution in [0.1, 0.15) is 17.3 Å². The van der Waals surface area contributed by atoms with Gasteiger partial charge in [0.2, 0.25) is 0 Å². The fourth-order valence-electron chi connectivity index (χ4n) is 1.35. The van der Waals surface area contributed by atoms with Crippen LogP contribution in [-0.4, -0.2) is 31.5 Å². The van der Waals surface area contributed by atoms with E-state index < -0.39 is 0 Å². The molecule has 7 heteroatoms. The third kappa shape index (κ3) is 2.23. The highest BCUT2D eigenvalue weighted by molar-refractivity contribution is 7.80. The summed E-state index contributed by atoms with van der Waals surface area (Å²) in [4.78, 5) is 16.1. The van der Waals surface area contributed by atoms with Crippen molar-refractivity contribution in [3.63, 3.8) is 0 Å². The summed E-state index contributed by atoms with van der Waals surface area (Å²) in [7, 11) is 0. The van der Waals surface area contributed by atoms with Gasteiger partial charge in [0.25, 0.3) is 5.91 Å². The molecule has 2 aromatic heterocycles. The molecular weight excluding hydrogens is 238 g/mol. The predicted molar refractivity (Wildman–Crippen MR) is 66.7 cm³/mol. The SMILES string of the molecule is CC(NC(=O)c1cnn2ccncc12)C(N)=S. The molecule has 0 spiro atoms. The number of thiocarbonyl (C=S) groups is 1. The molecule has 0 aromatic carbocycles. The van der Waals surface area contributed by atoms with Gasteiger partial charge in [-0.25, -0.2) is 4.52 Å². The van der Waals surface area contributed by atoms with Crippen LogP contribution < -0.4 is 11.1 Å². The van der Waals surface area contributed by atoms with Gasteiger partial charge in [0.15, 0.2) is 0 Å². The monoisotopic (exact) mass is 249 g/mol. The van der Waals surface area contributed by atoms with E-state index in [4.69, 9.17) is 18.0 Å². The lowest BCUT2D eigenvalue weighted by Gasteiger charge is -2.10. The molecule has 0 fully saturated rings. The first kappa shape index (κ1) is 11.5. The van der Waals surface area contributed by atoms with Gasteiger partial charge in [-0.1, -0.05) is 12.2 Å². The summed E-state index contributed by atoms with van der Waals surface area (Å²) in [6.45, 7) is 1.73. The van der Waals surface area contributed by atoms with Crippen LogP contribution in [0.5, 0.6) is 0 Å². The summed E-state index contributed by atoms with van der Waals surface area (Å²) in [5, 5.41) is 6.73. The molecule has 0 aliphatic carbocycles. The molecule has 2 heterocycles. The molecule has 0 radical (unpaired) electrons. The number of aromatic nitrogens is 3. The molecule has 2 rings (SSSR count). The summed E-state index contributed by atoms with van der Waals surface area (Å²) >= 11 is 4.79. The zero-order valence-electron chi connectivity index (χ0n) is 9.12. The molecule has 0 aliphatic heterocycles. The summed E-state index contributed by atoms with van der Waals surface area (Å²) in [5.74, 6) is -0.270. The molecular formula is C10H11N5OS. The maximum Gasteiger partial charge on any atom is 0.255 e. The van der Waals surface area contributed by atoms with E-state index in [9.17, 15) is 4.79 Å². The number of fused-ring (bicyclic) bond motifs is 1. The van der Waals surface area contributed by atoms with Crippen LogP contribution in [0.3, 0.4) is 0 Å². The molecule has 2 aromatic rings. The highest BCUT2D eigenvalue weighted by atomic mass is 32.1. The second-order valence-electron chi connectivity index (χ2n) is 3.56. The third-order valence-electron chi connectivity index (χ3n) is 2.34. The Balaban J connectivity index is 2.28. The highest BCUT2D eigenvalue weighted by Crippen LogP contribution is 2.08. The minimum Gasteiger partial charge on any atom is -0.392 e. The second-order valence-corrected chi connectivity index (χ2v) is 4.03. The lowest BCUT2D eigenvalue weighted by atomic mass is 10.2. The molecule has 0 bridgehead atoms. The van der Waals surface area contributed by atoms with E-state index in [-0.39, 0.29) is 16.9 Å². The molecule has 6 nitrogen and oxygen atoms in total. The largest absolute Gasteiger partial charge is 0.392 e. The van der Waals surface area contributed by atoms with Crippen LogP contribution >= 0.6 is 12.2 Å². The van der Waals surface area contributed by atoms with Crippen LogP contribution in [0.15, 0.2) is 24.8 Å². The van der Waals surface area contributed by atoms with E-state index in [1.807, 2.05) is 0 Å². The molecule has 0 aliphatic rings. The Bertz CT molecular complexity index is 579. The first-order valence-electron chi connectivity index (χ1n) is 4.97. The van der Waals surface area contributed by atoms with Gasteiger partial charge in [-0.15, -0.1) is 0 Å². The maximum atomic E-state index is 11.9. The molecule has 1 unspecified atom stereocenters. The van der Waals surface area contributed by atoms with Crippen molar-refractivity contribution in [1.29, 1.82) is 0 Å². The molecule has 0 saturated heterocycles. The average molecular weight is 249 g/mol. The maximum absolute atomic E-state index is 11.9. The number of carbonyl (C=O) groups excluding carboxylic acids is 1. The standard InChI is InChI=1S/C10H11N5OS/c1-6(9(11)17)14-10(16)7-4-13-15-3-2-12-5-8(7)15/h2-6H,1H3,(H2,11,17)(H,14,16). The fourth-order valence-corrected chi connectivity index (χ4v) is 1.41. The molecule has 3 N–H and O–H groups in total. The van der Waals surface area contributed by atoms with Gasteiger partial charge in [0.05, 0.1) is 34.5 Å². The first-order chi connectivity index (χ1) is 8.09. The fraction of sp³-hybridized carbons (Fsp3) is 0.200. The third-order valence-corrected chi connectivity index (χ3v) is 2.70. The van der Waals surface area contributed by atoms with Crippen molar-refractivity contribution >= 4 is 28.6 Å². The van der Waals surface area contributed by atoms with Crippen molar-refractivity contribution in [2.24, 2.45) is 5.73 Å². The Morgan fingerprint density at radius 3 is 3.06 bits per heavy atom. The van der Waals surface area contributed by atoms with E-state index in [0.29, 0.717) is 11.1 Å². The Morgan fingerprint density at radius 2 is 2.35 bits per heavy atom. The van der Waals surface area contributed by atoms with Gasteiger partial charge >= 0.3 is 0 Å². The normalized spacial score (nSPS) is 12.3. The van der Waals surface area contributed by atoms with Crippen molar-refractivity contribution in [3.8, 4) is 0 Å². The Hall–Kier alpha value is -2.02. The topological polar surface area (TPSA) is 85.3 Å². The van der Waals surface area contributed by atoms with Crippen molar-refractivity contribution in [3.05, 3.63) is 30.4 Å². The number of amides is 1. The molecule has 17 heavy (non-hydrogen) atoms. The highest BCUT2D eigenvalue weighted by Gasteiger charge is 2.15. The number of nitrogens with zero attached hydrogens (tertiary/aromatic N) is 3. The second kappa shape index (κ2) is 4.46. The van der Waals surface area contributed by atoms with Gasteiger partial charge in [-0.3, -0.25) is 9.78 Å². The first-order valence-corrected chi connectivity index (χ1v) is 5.38. The minimum absolute atomic E-state index is 0.243. The van der Waals surface area contributed by atoms with Gasteiger partial charge in [-0.2, -0.15) is 5.10 Å². The lowest BCUT2D eigenvalue weighted by molar-refractivity contribution is 0.0951. The molecule has 1 atom stereocenters. The summed E-state index contributed by atoms with van der Waals surface area (Å²) in [6.07, 6.45) is 6.33. The average Bonchev–Trinajstić information content (AvgIpc) is 2.72. The number of carbonyl (C=O) groups is 1. The zero-order valence-corrected chi connectivity index (χ0v) is 9.94. The Morgan fingerprint density at radius 1 is 1.59 bits per heavy atom. The van der Waals surface area contributed by atoms with Gasteiger partial charge in [-0.05, 0) is 6.92 Å². The van der Waals surface area contributed by atoms with Crippen LogP contribution in [0.4, 0.5) is 0 Å². The number of hydrogen-bond acceptors (Lipinski definition) is 4. The van der Waals surface area contributed by atoms with Gasteiger partial charge in [0, 0.05) is 12.4 Å². The molecule has 88 valence electrons. The van der Waals surface area contributed by atoms with Crippen LogP contribution in [0, 0.1) is 0 Å². The van der Waals surface area contributed by atoms with E-state index in [2.05, 4.69) is 15.4 Å². The summed E-state index contributed by atoms with van der Waals surface area (Å²) < 4.78 is 1.58.